The lowest BCUT2D eigenvalue weighted by Gasteiger charge is -2.21. The highest BCUT2D eigenvalue weighted by molar-refractivity contribution is 7.47. The van der Waals surface area contributed by atoms with Gasteiger partial charge < -0.3 is 33.8 Å². The van der Waals surface area contributed by atoms with Gasteiger partial charge in [-0.3, -0.25) is 37.3 Å². The van der Waals surface area contributed by atoms with Crippen LogP contribution in [0.5, 0.6) is 0 Å². The number of hydrogen-bond donors (Lipinski definition) is 3. The van der Waals surface area contributed by atoms with Crippen LogP contribution in [0.25, 0.3) is 0 Å². The summed E-state index contributed by atoms with van der Waals surface area (Å²) < 4.78 is 68.2. The van der Waals surface area contributed by atoms with Gasteiger partial charge in [-0.2, -0.15) is 0 Å². The summed E-state index contributed by atoms with van der Waals surface area (Å²) in [7, 11) is -9.98. The van der Waals surface area contributed by atoms with E-state index in [2.05, 4.69) is 155 Å². The number of carbonyl (C=O) groups excluding carboxylic acids is 4. The van der Waals surface area contributed by atoms with Gasteiger partial charge in [0.15, 0.2) is 12.2 Å². The minimum absolute atomic E-state index is 0.0331. The molecule has 0 amide bonds. The first kappa shape index (κ1) is 92.9. The zero-order valence-electron chi connectivity index (χ0n) is 60.7. The van der Waals surface area contributed by atoms with Gasteiger partial charge in [0, 0.05) is 25.7 Å². The first-order chi connectivity index (χ1) is 47.7. The molecule has 0 heterocycles. The Hall–Kier alpha value is -5.06. The van der Waals surface area contributed by atoms with Crippen molar-refractivity contribution >= 4 is 39.5 Å². The van der Waals surface area contributed by atoms with E-state index in [9.17, 15) is 43.2 Å². The number of phosphoric acid groups is 2. The number of allylic oxidation sites excluding steroid dienone is 24. The molecule has 558 valence electrons. The lowest BCUT2D eigenvalue weighted by Crippen LogP contribution is -2.30. The highest BCUT2D eigenvalue weighted by Crippen LogP contribution is 2.45. The average Bonchev–Trinajstić information content (AvgIpc) is 1.00. The van der Waals surface area contributed by atoms with Gasteiger partial charge >= 0.3 is 39.5 Å². The minimum Gasteiger partial charge on any atom is -0.462 e. The Bertz CT molecular complexity index is 2430. The summed E-state index contributed by atoms with van der Waals surface area (Å²) in [5, 5.41) is 10.6. The predicted octanol–water partition coefficient (Wildman–Crippen LogP) is 21.1. The van der Waals surface area contributed by atoms with Crippen molar-refractivity contribution in [3.63, 3.8) is 0 Å². The number of phosphoric ester groups is 2. The lowest BCUT2D eigenvalue weighted by molar-refractivity contribution is -0.161. The van der Waals surface area contributed by atoms with Gasteiger partial charge in [-0.1, -0.05) is 263 Å². The molecule has 0 aliphatic rings. The largest absolute Gasteiger partial charge is 0.472 e. The number of aliphatic hydroxyl groups is 1. The van der Waals surface area contributed by atoms with Crippen LogP contribution in [-0.4, -0.2) is 96.7 Å². The molecule has 0 aliphatic heterocycles. The van der Waals surface area contributed by atoms with Crippen molar-refractivity contribution in [1.82, 2.24) is 0 Å². The Kier molecular flexibility index (Phi) is 66.7. The molecule has 0 aliphatic carbocycles. The second-order valence-electron chi connectivity index (χ2n) is 24.1. The quantitative estimate of drug-likeness (QED) is 0.0169. The van der Waals surface area contributed by atoms with Gasteiger partial charge in [0.25, 0.3) is 0 Å². The van der Waals surface area contributed by atoms with E-state index in [0.29, 0.717) is 32.1 Å². The summed E-state index contributed by atoms with van der Waals surface area (Å²) in [6.45, 7) is 4.39. The molecule has 0 aromatic rings. The number of ether oxygens (including phenoxy) is 4. The van der Waals surface area contributed by atoms with E-state index in [1.165, 1.54) is 38.5 Å². The molecular formula is C79H130O17P2. The van der Waals surface area contributed by atoms with Crippen molar-refractivity contribution in [3.8, 4) is 0 Å². The fourth-order valence-electron chi connectivity index (χ4n) is 9.21. The highest BCUT2D eigenvalue weighted by Gasteiger charge is 2.30. The molecular weight excluding hydrogens is 1280 g/mol. The Morgan fingerprint density at radius 3 is 0.939 bits per heavy atom. The maximum absolute atomic E-state index is 13.0. The standard InChI is InChI=1S/C79H130O17P2/c1-5-9-13-17-21-25-29-32-34-35-36-37-39-42-45-48-52-56-60-64-77(82)89-69-74(95-78(83)65-61-57-53-49-43-28-24-20-16-12-8-4)71-93-97(85,86)91-67-73(80)68-92-98(87,88)94-72-75(96-79(84)66-62-58-54-50-46-40-31-27-23-19-15-11-7-3)70-90-76(81)63-59-55-51-47-44-41-38-33-30-26-22-18-14-10-6-2/h9-10,13-15,19,21-22,25-27,31-34,36-38,42,44-45,47,52,56,73-75,80H,5-8,11-12,16-18,20,23-24,28-30,35,39-41,43,46,48-51,53-55,57-72H2,1-4H3,(H,85,86)(H,87,88)/b13-9-,14-10-,19-15-,25-21-,26-22-,31-27-,34-32-,37-36-,38-33-,45-42-,47-44-,56-52-. The van der Waals surface area contributed by atoms with Gasteiger partial charge in [0.1, 0.15) is 19.3 Å². The minimum atomic E-state index is -4.99. The lowest BCUT2D eigenvalue weighted by atomic mass is 10.1. The van der Waals surface area contributed by atoms with Crippen molar-refractivity contribution in [2.24, 2.45) is 0 Å². The number of rotatable bonds is 68. The fourth-order valence-corrected chi connectivity index (χ4v) is 10.8. The molecule has 5 atom stereocenters. The second-order valence-corrected chi connectivity index (χ2v) is 27.0. The van der Waals surface area contributed by atoms with Crippen molar-refractivity contribution in [2.75, 3.05) is 39.6 Å². The van der Waals surface area contributed by atoms with Crippen molar-refractivity contribution in [3.05, 3.63) is 146 Å². The first-order valence-electron chi connectivity index (χ1n) is 37.1. The van der Waals surface area contributed by atoms with Crippen LogP contribution in [0.2, 0.25) is 0 Å². The number of esters is 4. The molecule has 0 bridgehead atoms. The molecule has 0 radical (unpaired) electrons. The zero-order valence-corrected chi connectivity index (χ0v) is 62.4. The van der Waals surface area contributed by atoms with Crippen LogP contribution in [0.4, 0.5) is 0 Å². The predicted molar refractivity (Wildman–Crippen MR) is 399 cm³/mol. The molecule has 5 unspecified atom stereocenters. The zero-order chi connectivity index (χ0) is 71.8. The van der Waals surface area contributed by atoms with E-state index < -0.39 is 97.5 Å². The summed E-state index contributed by atoms with van der Waals surface area (Å²) in [5.74, 6) is -2.34. The topological polar surface area (TPSA) is 237 Å². The third-order valence-electron chi connectivity index (χ3n) is 14.8. The maximum atomic E-state index is 13.0. The van der Waals surface area contributed by atoms with Gasteiger partial charge in [-0.25, -0.2) is 9.13 Å². The number of carbonyl (C=O) groups is 4. The molecule has 98 heavy (non-hydrogen) atoms. The molecule has 0 aromatic carbocycles. The SMILES string of the molecule is CC/C=C\C/C=C\C/C=C\C/C=C\C/C=C\C/C=C\CCC(=O)OCC(COP(=O)(O)OCC(O)COP(=O)(O)OCC(COC(=O)CCCC/C=C\C/C=C\C/C=C\C/C=C\CC)OC(=O)CCCCCCC/C=C\C/C=C\CCC)OC(=O)CCCCCCCCCCCCC. The third kappa shape index (κ3) is 69.4. The van der Waals surface area contributed by atoms with Crippen molar-refractivity contribution in [2.45, 2.75) is 290 Å². The van der Waals surface area contributed by atoms with Crippen LogP contribution in [0.3, 0.4) is 0 Å². The fraction of sp³-hybridized carbons (Fsp3) is 0.646. The molecule has 0 aromatic heterocycles. The van der Waals surface area contributed by atoms with E-state index in [1.54, 1.807) is 0 Å². The van der Waals surface area contributed by atoms with Crippen LogP contribution in [0, 0.1) is 0 Å². The third-order valence-corrected chi connectivity index (χ3v) is 16.7. The van der Waals surface area contributed by atoms with Crippen molar-refractivity contribution in [1.29, 1.82) is 0 Å². The number of aliphatic hydroxyl groups excluding tert-OH is 1. The van der Waals surface area contributed by atoms with Crippen molar-refractivity contribution < 1.29 is 80.2 Å². The highest BCUT2D eigenvalue weighted by atomic mass is 31.2. The molecule has 3 N–H and O–H groups in total. The molecule has 0 spiro atoms. The van der Waals surface area contributed by atoms with E-state index in [0.717, 1.165) is 148 Å². The molecule has 0 saturated heterocycles. The van der Waals surface area contributed by atoms with Crippen LogP contribution in [0.1, 0.15) is 272 Å². The Labute approximate surface area is 592 Å². The first-order valence-corrected chi connectivity index (χ1v) is 40.1. The average molecular weight is 1410 g/mol. The van der Waals surface area contributed by atoms with Crippen LogP contribution in [-0.2, 0) is 65.4 Å². The number of hydrogen-bond acceptors (Lipinski definition) is 15. The van der Waals surface area contributed by atoms with Gasteiger partial charge in [0.05, 0.1) is 26.4 Å². The van der Waals surface area contributed by atoms with Crippen LogP contribution >= 0.6 is 15.6 Å². The van der Waals surface area contributed by atoms with Crippen LogP contribution < -0.4 is 0 Å². The Morgan fingerprint density at radius 2 is 0.571 bits per heavy atom. The van der Waals surface area contributed by atoms with E-state index >= 15 is 0 Å². The second kappa shape index (κ2) is 70.4. The monoisotopic (exact) mass is 1410 g/mol. The summed E-state index contributed by atoms with van der Waals surface area (Å²) in [6, 6.07) is 0. The molecule has 0 rings (SSSR count). The van der Waals surface area contributed by atoms with Crippen LogP contribution in [0.15, 0.2) is 146 Å². The smallest absolute Gasteiger partial charge is 0.462 e. The Balaban J connectivity index is 5.42. The maximum Gasteiger partial charge on any atom is 0.472 e. The summed E-state index contributed by atoms with van der Waals surface area (Å²) in [6.07, 6.45) is 78.7. The Morgan fingerprint density at radius 1 is 0.296 bits per heavy atom. The van der Waals surface area contributed by atoms with E-state index in [-0.39, 0.29) is 25.7 Å². The molecule has 0 saturated carbocycles. The van der Waals surface area contributed by atoms with Gasteiger partial charge in [-0.05, 0) is 128 Å². The number of unbranched alkanes of at least 4 members (excludes halogenated alkanes) is 18. The molecule has 19 heteroatoms. The van der Waals surface area contributed by atoms with Gasteiger partial charge in [0.2, 0.25) is 0 Å². The van der Waals surface area contributed by atoms with E-state index in [4.69, 9.17) is 37.0 Å². The summed E-state index contributed by atoms with van der Waals surface area (Å²) in [4.78, 5) is 72.7. The summed E-state index contributed by atoms with van der Waals surface area (Å²) in [5.41, 5.74) is 0. The summed E-state index contributed by atoms with van der Waals surface area (Å²) >= 11 is 0. The molecule has 17 nitrogen and oxygen atoms in total. The van der Waals surface area contributed by atoms with Gasteiger partial charge in [-0.15, -0.1) is 0 Å². The molecule has 0 fully saturated rings. The normalized spacial score (nSPS) is 14.8. The van der Waals surface area contributed by atoms with E-state index in [1.807, 2.05) is 18.2 Å².